The summed E-state index contributed by atoms with van der Waals surface area (Å²) in [5.74, 6) is -1.07. The number of carbonyl (C=O) groups is 2. The van der Waals surface area contributed by atoms with Gasteiger partial charge in [0.2, 0.25) is 11.8 Å². The van der Waals surface area contributed by atoms with E-state index in [-0.39, 0.29) is 29.8 Å². The second-order valence-corrected chi connectivity index (χ2v) is 9.71. The number of anilines is 1. The summed E-state index contributed by atoms with van der Waals surface area (Å²) in [4.78, 5) is 30.0. The van der Waals surface area contributed by atoms with Crippen LogP contribution < -0.4 is 10.2 Å². The molecule has 1 aromatic heterocycles. The molecule has 3 aromatic rings. The zero-order valence-corrected chi connectivity index (χ0v) is 19.8. The lowest BCUT2D eigenvalue weighted by Crippen LogP contribution is -2.47. The van der Waals surface area contributed by atoms with Gasteiger partial charge in [0.05, 0.1) is 12.1 Å². The van der Waals surface area contributed by atoms with Gasteiger partial charge in [-0.1, -0.05) is 55.3 Å². The van der Waals surface area contributed by atoms with Crippen molar-refractivity contribution in [1.82, 2.24) is 5.32 Å². The van der Waals surface area contributed by atoms with E-state index in [0.29, 0.717) is 5.69 Å². The fraction of sp³-hybridized carbons (Fsp3) is 0.333. The summed E-state index contributed by atoms with van der Waals surface area (Å²) < 4.78 is 15.1. The zero-order valence-electron chi connectivity index (χ0n) is 19.0. The van der Waals surface area contributed by atoms with E-state index in [1.807, 2.05) is 49.6 Å². The third-order valence-electron chi connectivity index (χ3n) is 6.26. The molecule has 1 aliphatic rings. The molecular weight excluding hydrogens is 435 g/mol. The van der Waals surface area contributed by atoms with Crippen LogP contribution in [-0.2, 0) is 16.0 Å². The molecule has 0 saturated heterocycles. The second kappa shape index (κ2) is 10.3. The molecule has 4 nitrogen and oxygen atoms in total. The Bertz CT molecular complexity index is 1100. The first-order chi connectivity index (χ1) is 16.0. The van der Waals surface area contributed by atoms with Crippen LogP contribution in [0.1, 0.15) is 53.3 Å². The lowest BCUT2D eigenvalue weighted by Gasteiger charge is -2.34. The summed E-state index contributed by atoms with van der Waals surface area (Å²) in [6.45, 7) is 3.84. The molecule has 1 N–H and O–H groups in total. The van der Waals surface area contributed by atoms with Crippen LogP contribution in [0.4, 0.5) is 10.1 Å². The predicted octanol–water partition coefficient (Wildman–Crippen LogP) is 5.88. The molecule has 0 aliphatic heterocycles. The van der Waals surface area contributed by atoms with Crippen molar-refractivity contribution in [2.45, 2.75) is 58.0 Å². The number of thiophene rings is 1. The minimum atomic E-state index is -1.10. The summed E-state index contributed by atoms with van der Waals surface area (Å²) in [7, 11) is 0. The topological polar surface area (TPSA) is 49.4 Å². The predicted molar refractivity (Wildman–Crippen MR) is 131 cm³/mol. The molecule has 1 fully saturated rings. The fourth-order valence-corrected chi connectivity index (χ4v) is 5.37. The van der Waals surface area contributed by atoms with Gasteiger partial charge in [0.1, 0.15) is 11.9 Å². The van der Waals surface area contributed by atoms with Gasteiger partial charge in [0, 0.05) is 16.5 Å². The molecule has 1 atom stereocenters. The van der Waals surface area contributed by atoms with Gasteiger partial charge < -0.3 is 5.32 Å². The standard InChI is InChI=1S/C27H29FN2O2S/c1-18-9-7-10-19(2)25(18)30(24(31)17-21-13-8-16-33-21)26(22-14-5-6-15-23(22)28)27(32)29-20-11-3-4-12-20/h5-10,13-16,20,26H,3-4,11-12,17H2,1-2H3,(H,29,32)/t26-/m1/s1. The van der Waals surface area contributed by atoms with Crippen LogP contribution >= 0.6 is 11.3 Å². The average Bonchev–Trinajstić information content (AvgIpc) is 3.48. The number of aryl methyl sites for hydroxylation is 2. The molecule has 0 bridgehead atoms. The number of benzene rings is 2. The van der Waals surface area contributed by atoms with Crippen molar-refractivity contribution in [3.8, 4) is 0 Å². The fourth-order valence-electron chi connectivity index (χ4n) is 4.68. The van der Waals surface area contributed by atoms with Crippen LogP contribution in [0.15, 0.2) is 60.0 Å². The first-order valence-electron chi connectivity index (χ1n) is 11.4. The minimum Gasteiger partial charge on any atom is -0.351 e. The largest absolute Gasteiger partial charge is 0.351 e. The van der Waals surface area contributed by atoms with Gasteiger partial charge in [0.15, 0.2) is 0 Å². The van der Waals surface area contributed by atoms with Crippen molar-refractivity contribution in [3.63, 3.8) is 0 Å². The quantitative estimate of drug-likeness (QED) is 0.475. The highest BCUT2D eigenvalue weighted by Crippen LogP contribution is 2.35. The maximum Gasteiger partial charge on any atom is 0.248 e. The maximum absolute atomic E-state index is 15.1. The van der Waals surface area contributed by atoms with Gasteiger partial charge in [-0.2, -0.15) is 0 Å². The molecule has 2 amide bonds. The third-order valence-corrected chi connectivity index (χ3v) is 7.14. The second-order valence-electron chi connectivity index (χ2n) is 8.67. The molecule has 0 spiro atoms. The average molecular weight is 465 g/mol. The van der Waals surface area contributed by atoms with Crippen LogP contribution in [0.25, 0.3) is 0 Å². The highest BCUT2D eigenvalue weighted by Gasteiger charge is 2.37. The van der Waals surface area contributed by atoms with E-state index >= 15 is 4.39 Å². The molecule has 2 aromatic carbocycles. The van der Waals surface area contributed by atoms with Crippen LogP contribution in [-0.4, -0.2) is 17.9 Å². The molecule has 6 heteroatoms. The minimum absolute atomic E-state index is 0.0546. The molecule has 1 saturated carbocycles. The van der Waals surface area contributed by atoms with E-state index in [4.69, 9.17) is 0 Å². The van der Waals surface area contributed by atoms with Crippen molar-refractivity contribution in [3.05, 3.63) is 87.4 Å². The number of para-hydroxylation sites is 1. The lowest BCUT2D eigenvalue weighted by atomic mass is 9.98. The summed E-state index contributed by atoms with van der Waals surface area (Å²) >= 11 is 1.50. The van der Waals surface area contributed by atoms with Crippen molar-refractivity contribution < 1.29 is 14.0 Å². The van der Waals surface area contributed by atoms with Crippen molar-refractivity contribution in [2.24, 2.45) is 0 Å². The smallest absolute Gasteiger partial charge is 0.248 e. The van der Waals surface area contributed by atoms with Crippen LogP contribution in [0, 0.1) is 19.7 Å². The molecule has 1 heterocycles. The number of nitrogens with zero attached hydrogens (tertiary/aromatic N) is 1. The Labute approximate surface area is 198 Å². The molecule has 0 radical (unpaired) electrons. The first kappa shape index (κ1) is 23.2. The first-order valence-corrected chi connectivity index (χ1v) is 12.3. The molecule has 172 valence electrons. The van der Waals surface area contributed by atoms with E-state index < -0.39 is 11.9 Å². The van der Waals surface area contributed by atoms with Crippen molar-refractivity contribution >= 4 is 28.8 Å². The Hall–Kier alpha value is -2.99. The normalized spacial score (nSPS) is 14.8. The Balaban J connectivity index is 1.83. The number of hydrogen-bond acceptors (Lipinski definition) is 3. The van der Waals surface area contributed by atoms with Gasteiger partial charge in [-0.15, -0.1) is 11.3 Å². The SMILES string of the molecule is Cc1cccc(C)c1N(C(=O)Cc1cccs1)[C@@H](C(=O)NC1CCCC1)c1ccccc1F. The van der Waals surface area contributed by atoms with Crippen LogP contribution in [0.3, 0.4) is 0 Å². The Morgan fingerprint density at radius 1 is 1.03 bits per heavy atom. The zero-order chi connectivity index (χ0) is 23.4. The van der Waals surface area contributed by atoms with Crippen LogP contribution in [0.5, 0.6) is 0 Å². The lowest BCUT2D eigenvalue weighted by molar-refractivity contribution is -0.127. The number of hydrogen-bond donors (Lipinski definition) is 1. The summed E-state index contributed by atoms with van der Waals surface area (Å²) in [6, 6.07) is 14.8. The molecular formula is C27H29FN2O2S. The highest BCUT2D eigenvalue weighted by molar-refractivity contribution is 7.10. The van der Waals surface area contributed by atoms with Crippen molar-refractivity contribution in [1.29, 1.82) is 0 Å². The molecule has 33 heavy (non-hydrogen) atoms. The van der Waals surface area contributed by atoms with E-state index in [1.54, 1.807) is 18.2 Å². The van der Waals surface area contributed by atoms with Gasteiger partial charge in [-0.3, -0.25) is 14.5 Å². The number of carbonyl (C=O) groups excluding carboxylic acids is 2. The Kier molecular flexibility index (Phi) is 7.23. The summed E-state index contributed by atoms with van der Waals surface area (Å²) in [5.41, 5.74) is 2.60. The monoisotopic (exact) mass is 464 g/mol. The molecule has 1 aliphatic carbocycles. The maximum atomic E-state index is 15.1. The van der Waals surface area contributed by atoms with E-state index in [9.17, 15) is 9.59 Å². The highest BCUT2D eigenvalue weighted by atomic mass is 32.1. The van der Waals surface area contributed by atoms with Crippen molar-refractivity contribution in [2.75, 3.05) is 4.90 Å². The van der Waals surface area contributed by atoms with Gasteiger partial charge in [-0.05, 0) is 55.3 Å². The molecule has 4 rings (SSSR count). The summed E-state index contributed by atoms with van der Waals surface area (Å²) in [6.07, 6.45) is 4.08. The van der Waals surface area contributed by atoms with Gasteiger partial charge >= 0.3 is 0 Å². The van der Waals surface area contributed by atoms with Gasteiger partial charge in [-0.25, -0.2) is 4.39 Å². The number of rotatable bonds is 7. The van der Waals surface area contributed by atoms with E-state index in [0.717, 1.165) is 41.7 Å². The third kappa shape index (κ3) is 5.17. The number of nitrogens with one attached hydrogen (secondary N) is 1. The Morgan fingerprint density at radius 3 is 2.36 bits per heavy atom. The van der Waals surface area contributed by atoms with E-state index in [2.05, 4.69) is 5.32 Å². The number of halogens is 1. The molecule has 0 unspecified atom stereocenters. The van der Waals surface area contributed by atoms with E-state index in [1.165, 1.54) is 22.3 Å². The summed E-state index contributed by atoms with van der Waals surface area (Å²) in [5, 5.41) is 5.03. The van der Waals surface area contributed by atoms with Gasteiger partial charge in [0.25, 0.3) is 0 Å². The number of amides is 2. The Morgan fingerprint density at radius 2 is 1.73 bits per heavy atom. The van der Waals surface area contributed by atoms with Crippen LogP contribution in [0.2, 0.25) is 0 Å².